The highest BCUT2D eigenvalue weighted by Crippen LogP contribution is 2.22. The van der Waals surface area contributed by atoms with Crippen molar-refractivity contribution < 1.29 is 4.79 Å². The average molecular weight is 364 g/mol. The van der Waals surface area contributed by atoms with Crippen molar-refractivity contribution in [1.29, 1.82) is 0 Å². The molecule has 1 saturated heterocycles. The number of hydrogen-bond acceptors (Lipinski definition) is 5. The third-order valence-corrected chi connectivity index (χ3v) is 5.05. The van der Waals surface area contributed by atoms with Gasteiger partial charge in [0, 0.05) is 43.5 Å². The van der Waals surface area contributed by atoms with E-state index in [0.717, 1.165) is 35.7 Å². The normalized spacial score (nSPS) is 15.0. The molecule has 1 aliphatic rings. The minimum Gasteiger partial charge on any atom is -0.353 e. The minimum atomic E-state index is 0.0992. The molecule has 1 aromatic carbocycles. The molecule has 0 saturated carbocycles. The Bertz CT molecular complexity index is 972. The number of aryl methyl sites for hydroxylation is 1. The van der Waals surface area contributed by atoms with E-state index in [-0.39, 0.29) is 5.91 Å². The summed E-state index contributed by atoms with van der Waals surface area (Å²) in [7, 11) is 0. The Labute approximate surface area is 158 Å². The second-order valence-electron chi connectivity index (χ2n) is 7.34. The number of hydrogen-bond donors (Lipinski definition) is 0. The molecule has 0 aliphatic carbocycles. The average Bonchev–Trinajstić information content (AvgIpc) is 3.15. The number of carbonyl (C=O) groups is 1. The highest BCUT2D eigenvalue weighted by Gasteiger charge is 2.24. The first-order valence-corrected chi connectivity index (χ1v) is 9.34. The summed E-state index contributed by atoms with van der Waals surface area (Å²) in [6.07, 6.45) is 1.71. The molecule has 2 aromatic heterocycles. The molecule has 0 unspecified atom stereocenters. The van der Waals surface area contributed by atoms with Crippen LogP contribution in [0.15, 0.2) is 36.7 Å². The van der Waals surface area contributed by atoms with Crippen LogP contribution in [0.25, 0.3) is 5.78 Å². The Morgan fingerprint density at radius 1 is 1.11 bits per heavy atom. The standard InChI is InChI=1S/C20H24N6O/c1-14(2)17-12-18(22-20-23-21-13-26(17)20)24-7-9-25(10-8-24)19(27)16-6-4-5-15(3)11-16/h4-6,11-14H,7-10H2,1-3H3. The van der Waals surface area contributed by atoms with E-state index in [9.17, 15) is 4.79 Å². The maximum Gasteiger partial charge on any atom is 0.256 e. The fourth-order valence-electron chi connectivity index (χ4n) is 3.53. The van der Waals surface area contributed by atoms with Gasteiger partial charge in [0.05, 0.1) is 0 Å². The summed E-state index contributed by atoms with van der Waals surface area (Å²) in [5.41, 5.74) is 3.00. The molecular weight excluding hydrogens is 340 g/mol. The van der Waals surface area contributed by atoms with Gasteiger partial charge < -0.3 is 9.80 Å². The van der Waals surface area contributed by atoms with Crippen molar-refractivity contribution >= 4 is 17.5 Å². The van der Waals surface area contributed by atoms with Gasteiger partial charge in [-0.05, 0) is 25.0 Å². The van der Waals surface area contributed by atoms with Gasteiger partial charge in [-0.2, -0.15) is 4.98 Å². The molecule has 7 nitrogen and oxygen atoms in total. The zero-order valence-corrected chi connectivity index (χ0v) is 16.0. The van der Waals surface area contributed by atoms with Crippen LogP contribution < -0.4 is 4.90 Å². The monoisotopic (exact) mass is 364 g/mol. The molecule has 7 heteroatoms. The van der Waals surface area contributed by atoms with Crippen molar-refractivity contribution in [3.63, 3.8) is 0 Å². The molecule has 1 amide bonds. The summed E-state index contributed by atoms with van der Waals surface area (Å²) >= 11 is 0. The van der Waals surface area contributed by atoms with Gasteiger partial charge in [-0.25, -0.2) is 0 Å². The van der Waals surface area contributed by atoms with Crippen LogP contribution in [0.5, 0.6) is 0 Å². The summed E-state index contributed by atoms with van der Waals surface area (Å²) in [4.78, 5) is 21.5. The SMILES string of the molecule is Cc1cccc(C(=O)N2CCN(c3cc(C(C)C)n4cnnc4n3)CC2)c1. The van der Waals surface area contributed by atoms with Gasteiger partial charge in [0.15, 0.2) is 0 Å². The van der Waals surface area contributed by atoms with Crippen molar-refractivity contribution in [2.75, 3.05) is 31.1 Å². The molecule has 0 N–H and O–H groups in total. The maximum absolute atomic E-state index is 12.7. The van der Waals surface area contributed by atoms with Gasteiger partial charge in [-0.1, -0.05) is 31.5 Å². The molecule has 1 fully saturated rings. The third kappa shape index (κ3) is 3.37. The van der Waals surface area contributed by atoms with E-state index in [4.69, 9.17) is 0 Å². The number of rotatable bonds is 3. The van der Waals surface area contributed by atoms with E-state index in [1.54, 1.807) is 6.33 Å². The largest absolute Gasteiger partial charge is 0.353 e. The van der Waals surface area contributed by atoms with Gasteiger partial charge >= 0.3 is 0 Å². The van der Waals surface area contributed by atoms with Crippen molar-refractivity contribution in [3.05, 3.63) is 53.5 Å². The van der Waals surface area contributed by atoms with Gasteiger partial charge in [-0.3, -0.25) is 9.20 Å². The van der Waals surface area contributed by atoms with E-state index in [1.807, 2.05) is 40.5 Å². The van der Waals surface area contributed by atoms with Crippen LogP contribution >= 0.6 is 0 Å². The maximum atomic E-state index is 12.7. The first-order valence-electron chi connectivity index (χ1n) is 9.34. The summed E-state index contributed by atoms with van der Waals surface area (Å²) in [6.45, 7) is 9.19. The van der Waals surface area contributed by atoms with Gasteiger partial charge in [0.1, 0.15) is 12.1 Å². The van der Waals surface area contributed by atoms with Crippen molar-refractivity contribution in [1.82, 2.24) is 24.5 Å². The van der Waals surface area contributed by atoms with Crippen LogP contribution in [0.2, 0.25) is 0 Å². The van der Waals surface area contributed by atoms with Crippen LogP contribution in [0.1, 0.15) is 41.4 Å². The Kier molecular flexibility index (Phi) is 4.51. The Morgan fingerprint density at radius 2 is 1.89 bits per heavy atom. The number of carbonyl (C=O) groups excluding carboxylic acids is 1. The molecule has 3 aromatic rings. The Morgan fingerprint density at radius 3 is 2.59 bits per heavy atom. The van der Waals surface area contributed by atoms with E-state index in [1.165, 1.54) is 0 Å². The topological polar surface area (TPSA) is 66.6 Å². The molecule has 1 aliphatic heterocycles. The molecule has 0 atom stereocenters. The fraction of sp³-hybridized carbons (Fsp3) is 0.400. The molecule has 0 radical (unpaired) electrons. The predicted octanol–water partition coefficient (Wildman–Crippen LogP) is 2.52. The molecular formula is C20H24N6O. The lowest BCUT2D eigenvalue weighted by Gasteiger charge is -2.35. The first kappa shape index (κ1) is 17.5. The summed E-state index contributed by atoms with van der Waals surface area (Å²) in [6, 6.07) is 9.89. The molecule has 4 rings (SSSR count). The lowest BCUT2D eigenvalue weighted by atomic mass is 10.1. The Hall–Kier alpha value is -2.96. The number of nitrogens with zero attached hydrogens (tertiary/aromatic N) is 6. The van der Waals surface area contributed by atoms with E-state index < -0.39 is 0 Å². The van der Waals surface area contributed by atoms with Gasteiger partial charge in [-0.15, -0.1) is 10.2 Å². The molecule has 0 bridgehead atoms. The van der Waals surface area contributed by atoms with Crippen LogP contribution in [0.4, 0.5) is 5.82 Å². The zero-order chi connectivity index (χ0) is 19.0. The van der Waals surface area contributed by atoms with E-state index in [2.05, 4.69) is 40.0 Å². The van der Waals surface area contributed by atoms with Crippen molar-refractivity contribution in [2.45, 2.75) is 26.7 Å². The van der Waals surface area contributed by atoms with Gasteiger partial charge in [0.2, 0.25) is 0 Å². The Balaban J connectivity index is 1.51. The number of amides is 1. The van der Waals surface area contributed by atoms with Crippen LogP contribution in [-0.4, -0.2) is 56.6 Å². The number of benzene rings is 1. The smallest absolute Gasteiger partial charge is 0.256 e. The minimum absolute atomic E-state index is 0.0992. The van der Waals surface area contributed by atoms with Gasteiger partial charge in [0.25, 0.3) is 11.7 Å². The van der Waals surface area contributed by atoms with Crippen LogP contribution in [0, 0.1) is 6.92 Å². The van der Waals surface area contributed by atoms with Crippen molar-refractivity contribution in [2.24, 2.45) is 0 Å². The highest BCUT2D eigenvalue weighted by molar-refractivity contribution is 5.94. The van der Waals surface area contributed by atoms with Crippen molar-refractivity contribution in [3.8, 4) is 0 Å². The molecule has 140 valence electrons. The summed E-state index contributed by atoms with van der Waals surface area (Å²) < 4.78 is 1.94. The lowest BCUT2D eigenvalue weighted by molar-refractivity contribution is 0.0746. The number of anilines is 1. The predicted molar refractivity (Wildman–Crippen MR) is 104 cm³/mol. The summed E-state index contributed by atoms with van der Waals surface area (Å²) in [5, 5.41) is 8.10. The lowest BCUT2D eigenvalue weighted by Crippen LogP contribution is -2.49. The summed E-state index contributed by atoms with van der Waals surface area (Å²) in [5.74, 6) is 1.97. The van der Waals surface area contributed by atoms with Crippen LogP contribution in [-0.2, 0) is 0 Å². The third-order valence-electron chi connectivity index (χ3n) is 5.05. The first-order chi connectivity index (χ1) is 13.0. The molecule has 27 heavy (non-hydrogen) atoms. The number of fused-ring (bicyclic) bond motifs is 1. The molecule has 3 heterocycles. The van der Waals surface area contributed by atoms with E-state index in [0.29, 0.717) is 24.8 Å². The quantitative estimate of drug-likeness (QED) is 0.714. The number of aromatic nitrogens is 4. The highest BCUT2D eigenvalue weighted by atomic mass is 16.2. The second-order valence-corrected chi connectivity index (χ2v) is 7.34. The van der Waals surface area contributed by atoms with Crippen LogP contribution in [0.3, 0.4) is 0 Å². The second kappa shape index (κ2) is 6.98. The van der Waals surface area contributed by atoms with E-state index >= 15 is 0 Å². The fourth-order valence-corrected chi connectivity index (χ4v) is 3.53. The zero-order valence-electron chi connectivity index (χ0n) is 16.0. The molecule has 0 spiro atoms. The number of piperazine rings is 1.